The van der Waals surface area contributed by atoms with Crippen molar-refractivity contribution >= 4 is 11.6 Å². The van der Waals surface area contributed by atoms with Crippen molar-refractivity contribution in [3.05, 3.63) is 35.5 Å². The molecule has 2 unspecified atom stereocenters. The van der Waals surface area contributed by atoms with Gasteiger partial charge in [-0.3, -0.25) is 4.79 Å². The van der Waals surface area contributed by atoms with E-state index in [4.69, 9.17) is 9.47 Å². The Hall–Kier alpha value is -1.56. The molecule has 0 aromatic carbocycles. The summed E-state index contributed by atoms with van der Waals surface area (Å²) in [6.07, 6.45) is 9.88. The Labute approximate surface area is 197 Å². The van der Waals surface area contributed by atoms with Gasteiger partial charge >= 0.3 is 0 Å². The van der Waals surface area contributed by atoms with E-state index < -0.39 is 28.5 Å². The summed E-state index contributed by atoms with van der Waals surface area (Å²) in [7, 11) is 0. The topological polar surface area (TPSA) is 72.8 Å². The normalized spacial score (nSPS) is 49.5. The minimum Gasteiger partial charge on any atom is -0.387 e. The van der Waals surface area contributed by atoms with E-state index in [0.717, 1.165) is 24.0 Å². The van der Waals surface area contributed by atoms with E-state index in [9.17, 15) is 14.7 Å². The summed E-state index contributed by atoms with van der Waals surface area (Å²) in [5, 5.41) is 11.5. The maximum atomic E-state index is 13.1. The molecule has 1 spiro atoms. The van der Waals surface area contributed by atoms with Crippen LogP contribution in [0.25, 0.3) is 0 Å². The number of carbonyl (C=O) groups is 2. The number of aliphatic hydroxyl groups is 1. The predicted octanol–water partition coefficient (Wildman–Crippen LogP) is 4.69. The fraction of sp³-hybridized carbons (Fsp3) is 0.714. The van der Waals surface area contributed by atoms with Gasteiger partial charge < -0.3 is 19.4 Å². The molecule has 2 heterocycles. The molecule has 180 valence electrons. The number of hydrogen-bond acceptors (Lipinski definition) is 5. The second-order valence-electron chi connectivity index (χ2n) is 12.2. The highest BCUT2D eigenvalue weighted by molar-refractivity contribution is 6.00. The molecule has 2 bridgehead atoms. The van der Waals surface area contributed by atoms with Crippen LogP contribution in [0.2, 0.25) is 0 Å². The van der Waals surface area contributed by atoms with Gasteiger partial charge in [-0.15, -0.1) is 0 Å². The molecule has 5 heteroatoms. The van der Waals surface area contributed by atoms with Gasteiger partial charge in [-0.25, -0.2) is 0 Å². The number of Topliss-reactive ketones (excluding diaryl/α,β-unsaturated/α-hetero) is 1. The SMILES string of the molecule is CC(=O)CC[C@@]1(C)C(=O)C=CC2=C1C=C[C@]1(C)[C@@H]3CC[C@]21OC1(OC(C)(C)[C@@H](C)[C@H]1O)C3C. The van der Waals surface area contributed by atoms with Crippen LogP contribution in [0.15, 0.2) is 35.5 Å². The lowest BCUT2D eigenvalue weighted by atomic mass is 9.54. The van der Waals surface area contributed by atoms with E-state index >= 15 is 0 Å². The van der Waals surface area contributed by atoms with Gasteiger partial charge in [-0.2, -0.15) is 0 Å². The molecule has 0 radical (unpaired) electrons. The van der Waals surface area contributed by atoms with Crippen LogP contribution in [-0.4, -0.2) is 39.8 Å². The number of rotatable bonds is 3. The summed E-state index contributed by atoms with van der Waals surface area (Å²) in [4.78, 5) is 24.9. The third-order valence-corrected chi connectivity index (χ3v) is 10.3. The van der Waals surface area contributed by atoms with Gasteiger partial charge in [0.15, 0.2) is 11.6 Å². The van der Waals surface area contributed by atoms with E-state index in [2.05, 4.69) is 26.0 Å². The van der Waals surface area contributed by atoms with Crippen LogP contribution in [0.5, 0.6) is 0 Å². The van der Waals surface area contributed by atoms with Crippen LogP contribution in [0.4, 0.5) is 0 Å². The van der Waals surface area contributed by atoms with Crippen LogP contribution in [0.1, 0.15) is 74.1 Å². The number of hydrogen-bond donors (Lipinski definition) is 1. The standard InChI is InChI=1S/C28H38O5/c1-16(29)10-13-25(6)20-11-14-26(7)19-12-15-27(26,21(20)8-9-22(25)30)33-28(17(19)2)23(31)18(3)24(4,5)32-28/h8-9,11,14,17-19,23,31H,10,12-13,15H2,1-7H3/t17?,18-,19+,23+,25+,26+,27-,28?/m0/s1. The molecule has 0 aromatic rings. The van der Waals surface area contributed by atoms with Crippen molar-refractivity contribution in [2.45, 2.75) is 97.2 Å². The number of allylic oxidation sites excluding steroid dienone is 3. The van der Waals surface area contributed by atoms with Crippen LogP contribution >= 0.6 is 0 Å². The third kappa shape index (κ3) is 2.65. The molecule has 1 saturated carbocycles. The Bertz CT molecular complexity index is 1020. The summed E-state index contributed by atoms with van der Waals surface area (Å²) >= 11 is 0. The van der Waals surface area contributed by atoms with Gasteiger partial charge in [0.1, 0.15) is 17.5 Å². The number of ketones is 2. The van der Waals surface area contributed by atoms with Crippen LogP contribution in [-0.2, 0) is 19.1 Å². The van der Waals surface area contributed by atoms with Gasteiger partial charge in [0, 0.05) is 23.7 Å². The van der Waals surface area contributed by atoms with Crippen LogP contribution in [0, 0.1) is 28.6 Å². The molecule has 5 rings (SSSR count). The average Bonchev–Trinajstić information content (AvgIpc) is 3.06. The van der Waals surface area contributed by atoms with Crippen molar-refractivity contribution in [1.29, 1.82) is 0 Å². The first-order valence-electron chi connectivity index (χ1n) is 12.5. The molecule has 3 fully saturated rings. The Morgan fingerprint density at radius 2 is 1.76 bits per heavy atom. The smallest absolute Gasteiger partial charge is 0.199 e. The van der Waals surface area contributed by atoms with Crippen molar-refractivity contribution in [2.75, 3.05) is 0 Å². The third-order valence-electron chi connectivity index (χ3n) is 10.3. The lowest BCUT2D eigenvalue weighted by molar-refractivity contribution is -0.369. The van der Waals surface area contributed by atoms with Gasteiger partial charge in [0.25, 0.3) is 0 Å². The summed E-state index contributed by atoms with van der Waals surface area (Å²) in [5.74, 6) is -0.739. The minimum atomic E-state index is -1.09. The molecule has 0 amide bonds. The molecule has 33 heavy (non-hydrogen) atoms. The van der Waals surface area contributed by atoms with Crippen LogP contribution in [0.3, 0.4) is 0 Å². The lowest BCUT2D eigenvalue weighted by Crippen LogP contribution is -2.67. The molecule has 5 nitrogen and oxygen atoms in total. The zero-order valence-electron chi connectivity index (χ0n) is 21.0. The van der Waals surface area contributed by atoms with E-state index in [1.807, 2.05) is 33.8 Å². The van der Waals surface area contributed by atoms with Crippen molar-refractivity contribution in [3.8, 4) is 0 Å². The first-order chi connectivity index (χ1) is 15.3. The largest absolute Gasteiger partial charge is 0.387 e. The first kappa shape index (κ1) is 23.2. The summed E-state index contributed by atoms with van der Waals surface area (Å²) < 4.78 is 13.8. The highest BCUT2D eigenvalue weighted by Gasteiger charge is 2.75. The zero-order valence-corrected chi connectivity index (χ0v) is 21.0. The fourth-order valence-corrected chi connectivity index (χ4v) is 7.71. The van der Waals surface area contributed by atoms with Crippen molar-refractivity contribution in [1.82, 2.24) is 0 Å². The maximum absolute atomic E-state index is 13.1. The number of aliphatic hydroxyl groups excluding tert-OH is 1. The highest BCUT2D eigenvalue weighted by atomic mass is 16.7. The Morgan fingerprint density at radius 1 is 1.06 bits per heavy atom. The van der Waals surface area contributed by atoms with E-state index in [0.29, 0.717) is 12.8 Å². The second kappa shape index (κ2) is 6.77. The lowest BCUT2D eigenvalue weighted by Gasteiger charge is -2.60. The summed E-state index contributed by atoms with van der Waals surface area (Å²) in [6, 6.07) is 0. The molecular formula is C28H38O5. The Balaban J connectivity index is 1.67. The second-order valence-corrected chi connectivity index (χ2v) is 12.2. The summed E-state index contributed by atoms with van der Waals surface area (Å²) in [5.41, 5.74) is -0.222. The first-order valence-corrected chi connectivity index (χ1v) is 12.5. The van der Waals surface area contributed by atoms with Gasteiger partial charge in [-0.1, -0.05) is 39.0 Å². The minimum absolute atomic E-state index is 0.0162. The molecule has 0 aromatic heterocycles. The Morgan fingerprint density at radius 3 is 2.36 bits per heavy atom. The molecule has 2 aliphatic heterocycles. The molecule has 3 aliphatic carbocycles. The fourth-order valence-electron chi connectivity index (χ4n) is 7.71. The molecule has 1 N–H and O–H groups in total. The van der Waals surface area contributed by atoms with Gasteiger partial charge in [-0.05, 0) is 70.1 Å². The maximum Gasteiger partial charge on any atom is 0.199 e. The van der Waals surface area contributed by atoms with E-state index in [-0.39, 0.29) is 34.7 Å². The molecule has 8 atom stereocenters. The average molecular weight is 455 g/mol. The zero-order chi connectivity index (χ0) is 24.2. The monoisotopic (exact) mass is 454 g/mol. The molecule has 2 saturated heterocycles. The molecule has 5 aliphatic rings. The van der Waals surface area contributed by atoms with E-state index in [1.54, 1.807) is 13.0 Å². The number of ether oxygens (including phenoxy) is 2. The number of carbonyl (C=O) groups excluding carboxylic acids is 2. The quantitative estimate of drug-likeness (QED) is 0.670. The van der Waals surface area contributed by atoms with Crippen molar-refractivity contribution in [2.24, 2.45) is 28.6 Å². The van der Waals surface area contributed by atoms with Crippen molar-refractivity contribution in [3.63, 3.8) is 0 Å². The van der Waals surface area contributed by atoms with Crippen molar-refractivity contribution < 1.29 is 24.2 Å². The predicted molar refractivity (Wildman–Crippen MR) is 125 cm³/mol. The Kier molecular flexibility index (Phi) is 4.76. The van der Waals surface area contributed by atoms with Gasteiger partial charge in [0.05, 0.1) is 11.0 Å². The highest BCUT2D eigenvalue weighted by Crippen LogP contribution is 2.71. The van der Waals surface area contributed by atoms with E-state index in [1.165, 1.54) is 0 Å². The van der Waals surface area contributed by atoms with Gasteiger partial charge in [0.2, 0.25) is 0 Å². The summed E-state index contributed by atoms with van der Waals surface area (Å²) in [6.45, 7) is 14.1. The molecular weight excluding hydrogens is 416 g/mol. The van der Waals surface area contributed by atoms with Crippen LogP contribution < -0.4 is 0 Å².